The van der Waals surface area contributed by atoms with E-state index in [9.17, 15) is 4.39 Å². The molecule has 3 N–H and O–H groups in total. The second-order valence-electron chi connectivity index (χ2n) is 5.60. The molecule has 1 fully saturated rings. The van der Waals surface area contributed by atoms with Crippen molar-refractivity contribution in [2.45, 2.75) is 51.6 Å². The van der Waals surface area contributed by atoms with Crippen LogP contribution in [0.15, 0.2) is 18.2 Å². The van der Waals surface area contributed by atoms with Crippen molar-refractivity contribution in [3.8, 4) is 0 Å². The number of nitrogens with two attached hydrogens (primary N) is 1. The fraction of sp³-hybridized carbons (Fsp3) is 0.562. The molecule has 0 saturated carbocycles. The van der Waals surface area contributed by atoms with Gasteiger partial charge in [0.25, 0.3) is 0 Å². The third kappa shape index (κ3) is 3.57. The molecule has 1 aliphatic rings. The summed E-state index contributed by atoms with van der Waals surface area (Å²) in [6, 6.07) is 5.18. The van der Waals surface area contributed by atoms with Gasteiger partial charge in [-0.2, -0.15) is 0 Å². The average Bonchev–Trinajstić information content (AvgIpc) is 2.65. The molecule has 0 bridgehead atoms. The van der Waals surface area contributed by atoms with Crippen molar-refractivity contribution in [2.75, 3.05) is 6.54 Å². The van der Waals surface area contributed by atoms with E-state index >= 15 is 0 Å². The number of rotatable bonds is 4. The Labute approximate surface area is 120 Å². The molecule has 3 nitrogen and oxygen atoms in total. The molecular formula is C16H24FN3. The predicted octanol–water partition coefficient (Wildman–Crippen LogP) is 3.26. The number of nitrogens with one attached hydrogen (secondary N) is 1. The molecule has 110 valence electrons. The van der Waals surface area contributed by atoms with Crippen LogP contribution in [-0.4, -0.2) is 23.3 Å². The van der Waals surface area contributed by atoms with Crippen molar-refractivity contribution in [2.24, 2.45) is 5.73 Å². The van der Waals surface area contributed by atoms with Gasteiger partial charge in [0.1, 0.15) is 11.7 Å². The molecule has 1 aromatic carbocycles. The number of benzene rings is 1. The highest BCUT2D eigenvalue weighted by atomic mass is 19.1. The maximum atomic E-state index is 13.3. The number of halogens is 1. The minimum Gasteiger partial charge on any atom is -0.384 e. The van der Waals surface area contributed by atoms with Gasteiger partial charge >= 0.3 is 0 Å². The van der Waals surface area contributed by atoms with Gasteiger partial charge in [0.2, 0.25) is 0 Å². The first-order chi connectivity index (χ1) is 9.61. The van der Waals surface area contributed by atoms with Crippen LogP contribution < -0.4 is 5.73 Å². The van der Waals surface area contributed by atoms with E-state index in [1.54, 1.807) is 6.07 Å². The molecule has 1 atom stereocenters. The Morgan fingerprint density at radius 1 is 1.40 bits per heavy atom. The standard InChI is InChI=1S/C16H24FN3/c1-2-14-6-4-3-5-9-20(14)11-12-7-8-13(17)10-15(12)16(18)19/h7-8,10,14H,2-6,9,11H2,1H3,(H3,18,19). The zero-order chi connectivity index (χ0) is 14.5. The Kier molecular flexibility index (Phi) is 5.12. The summed E-state index contributed by atoms with van der Waals surface area (Å²) >= 11 is 0. The highest BCUT2D eigenvalue weighted by molar-refractivity contribution is 5.96. The second kappa shape index (κ2) is 6.84. The first-order valence-corrected chi connectivity index (χ1v) is 7.48. The molecule has 0 radical (unpaired) electrons. The number of amidine groups is 1. The van der Waals surface area contributed by atoms with E-state index in [1.165, 1.54) is 37.8 Å². The van der Waals surface area contributed by atoms with Crippen molar-refractivity contribution in [3.05, 3.63) is 35.1 Å². The van der Waals surface area contributed by atoms with Crippen LogP contribution >= 0.6 is 0 Å². The van der Waals surface area contributed by atoms with Gasteiger partial charge in [-0.05, 0) is 43.5 Å². The van der Waals surface area contributed by atoms with Gasteiger partial charge in [-0.25, -0.2) is 4.39 Å². The maximum Gasteiger partial charge on any atom is 0.123 e. The van der Waals surface area contributed by atoms with E-state index in [4.69, 9.17) is 11.1 Å². The lowest BCUT2D eigenvalue weighted by Gasteiger charge is -2.29. The molecule has 0 spiro atoms. The topological polar surface area (TPSA) is 53.1 Å². The lowest BCUT2D eigenvalue weighted by Crippen LogP contribution is -2.34. The zero-order valence-electron chi connectivity index (χ0n) is 12.2. The van der Waals surface area contributed by atoms with Gasteiger partial charge < -0.3 is 5.73 Å². The highest BCUT2D eigenvalue weighted by Gasteiger charge is 2.20. The van der Waals surface area contributed by atoms with Crippen LogP contribution in [0.25, 0.3) is 0 Å². The Morgan fingerprint density at radius 3 is 2.90 bits per heavy atom. The van der Waals surface area contributed by atoms with E-state index < -0.39 is 0 Å². The number of hydrogen-bond acceptors (Lipinski definition) is 2. The van der Waals surface area contributed by atoms with Crippen LogP contribution in [0.3, 0.4) is 0 Å². The summed E-state index contributed by atoms with van der Waals surface area (Å²) in [5.74, 6) is -0.385. The molecule has 1 aromatic rings. The van der Waals surface area contributed by atoms with Gasteiger partial charge in [0.15, 0.2) is 0 Å². The average molecular weight is 277 g/mol. The van der Waals surface area contributed by atoms with Gasteiger partial charge in [-0.15, -0.1) is 0 Å². The third-order valence-corrected chi connectivity index (χ3v) is 4.21. The molecule has 0 aliphatic carbocycles. The summed E-state index contributed by atoms with van der Waals surface area (Å²) in [6.07, 6.45) is 6.16. The molecule has 0 amide bonds. The van der Waals surface area contributed by atoms with Crippen LogP contribution in [0.2, 0.25) is 0 Å². The number of hydrogen-bond donors (Lipinski definition) is 2. The van der Waals surface area contributed by atoms with Crippen LogP contribution in [0.4, 0.5) is 4.39 Å². The Morgan fingerprint density at radius 2 is 2.20 bits per heavy atom. The smallest absolute Gasteiger partial charge is 0.123 e. The van der Waals surface area contributed by atoms with Crippen LogP contribution in [0.1, 0.15) is 50.2 Å². The molecule has 1 saturated heterocycles. The van der Waals surface area contributed by atoms with E-state index in [0.717, 1.165) is 25.1 Å². The largest absolute Gasteiger partial charge is 0.384 e. The number of nitrogens with zero attached hydrogens (tertiary/aromatic N) is 1. The van der Waals surface area contributed by atoms with E-state index in [-0.39, 0.29) is 11.7 Å². The first kappa shape index (κ1) is 15.0. The summed E-state index contributed by atoms with van der Waals surface area (Å²) in [7, 11) is 0. The van der Waals surface area contributed by atoms with Crippen LogP contribution in [0.5, 0.6) is 0 Å². The number of likely N-dealkylation sites (tertiary alicyclic amines) is 1. The molecule has 1 aliphatic heterocycles. The summed E-state index contributed by atoms with van der Waals surface area (Å²) in [6.45, 7) is 4.06. The van der Waals surface area contributed by atoms with E-state index in [2.05, 4.69) is 11.8 Å². The third-order valence-electron chi connectivity index (χ3n) is 4.21. The van der Waals surface area contributed by atoms with Crippen molar-refractivity contribution in [1.82, 2.24) is 4.90 Å². The molecule has 4 heteroatoms. The van der Waals surface area contributed by atoms with Crippen molar-refractivity contribution >= 4 is 5.84 Å². The Balaban J connectivity index is 2.21. The lowest BCUT2D eigenvalue weighted by molar-refractivity contribution is 0.186. The minimum atomic E-state index is -0.332. The molecule has 0 aromatic heterocycles. The van der Waals surface area contributed by atoms with Gasteiger partial charge in [0, 0.05) is 18.2 Å². The van der Waals surface area contributed by atoms with E-state index in [1.807, 2.05) is 0 Å². The fourth-order valence-corrected chi connectivity index (χ4v) is 3.06. The summed E-state index contributed by atoms with van der Waals surface area (Å²) < 4.78 is 13.3. The van der Waals surface area contributed by atoms with Crippen molar-refractivity contribution in [3.63, 3.8) is 0 Å². The van der Waals surface area contributed by atoms with Crippen LogP contribution in [-0.2, 0) is 6.54 Å². The second-order valence-corrected chi connectivity index (χ2v) is 5.60. The van der Waals surface area contributed by atoms with Gasteiger partial charge in [-0.1, -0.05) is 25.8 Å². The Bertz CT molecular complexity index is 473. The fourth-order valence-electron chi connectivity index (χ4n) is 3.06. The minimum absolute atomic E-state index is 0.0534. The lowest BCUT2D eigenvalue weighted by atomic mass is 10.0. The molecule has 1 unspecified atom stereocenters. The van der Waals surface area contributed by atoms with Crippen molar-refractivity contribution < 1.29 is 4.39 Å². The highest BCUT2D eigenvalue weighted by Crippen LogP contribution is 2.22. The maximum absolute atomic E-state index is 13.3. The van der Waals surface area contributed by atoms with Crippen LogP contribution in [0, 0.1) is 11.2 Å². The SMILES string of the molecule is CCC1CCCCCN1Cc1ccc(F)cc1C(=N)N. The molecule has 1 heterocycles. The van der Waals surface area contributed by atoms with Gasteiger partial charge in [-0.3, -0.25) is 10.3 Å². The van der Waals surface area contributed by atoms with Gasteiger partial charge in [0.05, 0.1) is 0 Å². The molecule has 20 heavy (non-hydrogen) atoms. The predicted molar refractivity (Wildman–Crippen MR) is 80.4 cm³/mol. The molecular weight excluding hydrogens is 253 g/mol. The number of nitrogen functional groups attached to an aromatic ring is 1. The summed E-state index contributed by atoms with van der Waals surface area (Å²) in [5.41, 5.74) is 7.07. The zero-order valence-corrected chi connectivity index (χ0v) is 12.2. The monoisotopic (exact) mass is 277 g/mol. The summed E-state index contributed by atoms with van der Waals surface area (Å²) in [4.78, 5) is 2.46. The Hall–Kier alpha value is -1.42. The van der Waals surface area contributed by atoms with E-state index in [0.29, 0.717) is 11.6 Å². The molecule has 2 rings (SSSR count). The quantitative estimate of drug-likeness (QED) is 0.655. The van der Waals surface area contributed by atoms with Crippen molar-refractivity contribution in [1.29, 1.82) is 5.41 Å². The first-order valence-electron chi connectivity index (χ1n) is 7.48. The summed E-state index contributed by atoms with van der Waals surface area (Å²) in [5, 5.41) is 7.62. The normalized spacial score (nSPS) is 20.6.